The molecule has 2 aliphatic rings. The lowest BCUT2D eigenvalue weighted by Crippen LogP contribution is -2.31. The van der Waals surface area contributed by atoms with Crippen molar-refractivity contribution in [1.82, 2.24) is 5.32 Å². The van der Waals surface area contributed by atoms with Gasteiger partial charge < -0.3 is 5.32 Å². The maximum Gasteiger partial charge on any atom is 0.226 e. The molecule has 3 rings (SSSR count). The highest BCUT2D eigenvalue weighted by Gasteiger charge is 2.52. The van der Waals surface area contributed by atoms with Crippen LogP contribution in [0, 0.1) is 5.41 Å². The van der Waals surface area contributed by atoms with E-state index in [0.717, 1.165) is 42.8 Å². The zero-order chi connectivity index (χ0) is 11.9. The number of carbonyl (C=O) groups excluding carboxylic acids is 1. The Kier molecular flexibility index (Phi) is 2.62. The molecule has 17 heavy (non-hydrogen) atoms. The third-order valence-electron chi connectivity index (χ3n) is 4.36. The maximum absolute atomic E-state index is 12.1. The smallest absolute Gasteiger partial charge is 0.226 e. The second-order valence-electron chi connectivity index (χ2n) is 5.15. The molecule has 1 aliphatic heterocycles. The van der Waals surface area contributed by atoms with Gasteiger partial charge in [-0.1, -0.05) is 42.6 Å². The van der Waals surface area contributed by atoms with Gasteiger partial charge in [0.2, 0.25) is 5.91 Å². The molecule has 3 heteroatoms. The topological polar surface area (TPSA) is 29.1 Å². The summed E-state index contributed by atoms with van der Waals surface area (Å²) in [5.74, 6) is 0.492. The molecule has 1 aliphatic carbocycles. The summed E-state index contributed by atoms with van der Waals surface area (Å²) >= 11 is 6.27. The summed E-state index contributed by atoms with van der Waals surface area (Å²) < 4.78 is 0. The van der Waals surface area contributed by atoms with Crippen LogP contribution in [0.5, 0.6) is 0 Å². The van der Waals surface area contributed by atoms with Gasteiger partial charge in [-0.3, -0.25) is 4.79 Å². The summed E-state index contributed by atoms with van der Waals surface area (Å²) in [7, 11) is 0. The van der Waals surface area contributed by atoms with Crippen LogP contribution in [0.25, 0.3) is 0 Å². The second kappa shape index (κ2) is 4.02. The quantitative estimate of drug-likeness (QED) is 0.814. The number of hydrogen-bond acceptors (Lipinski definition) is 1. The molecular formula is C14H16ClNO. The van der Waals surface area contributed by atoms with Crippen molar-refractivity contribution in [3.8, 4) is 0 Å². The van der Waals surface area contributed by atoms with Crippen LogP contribution in [-0.4, -0.2) is 12.5 Å². The summed E-state index contributed by atoms with van der Waals surface area (Å²) in [6, 6.07) is 7.93. The molecule has 1 heterocycles. The molecule has 0 radical (unpaired) electrons. The van der Waals surface area contributed by atoms with Crippen LogP contribution in [0.1, 0.15) is 37.2 Å². The fourth-order valence-corrected chi connectivity index (χ4v) is 3.74. The number of nitrogens with one attached hydrogen (secondary N) is 1. The molecule has 1 atom stereocenters. The van der Waals surface area contributed by atoms with Gasteiger partial charge in [-0.15, -0.1) is 0 Å². The minimum atomic E-state index is -0.176. The molecule has 1 aromatic carbocycles. The lowest BCUT2D eigenvalue weighted by Gasteiger charge is -2.28. The fourth-order valence-electron chi connectivity index (χ4n) is 3.47. The molecule has 0 bridgehead atoms. The third-order valence-corrected chi connectivity index (χ3v) is 4.71. The maximum atomic E-state index is 12.1. The van der Waals surface area contributed by atoms with Gasteiger partial charge in [-0.05, 0) is 24.5 Å². The van der Waals surface area contributed by atoms with E-state index in [9.17, 15) is 4.79 Å². The fraction of sp³-hybridized carbons (Fsp3) is 0.500. The van der Waals surface area contributed by atoms with Crippen molar-refractivity contribution in [2.75, 3.05) is 6.54 Å². The van der Waals surface area contributed by atoms with E-state index in [2.05, 4.69) is 11.4 Å². The van der Waals surface area contributed by atoms with Crippen LogP contribution >= 0.6 is 11.6 Å². The first-order valence-electron chi connectivity index (χ1n) is 6.27. The highest BCUT2D eigenvalue weighted by Crippen LogP contribution is 2.52. The van der Waals surface area contributed by atoms with Crippen molar-refractivity contribution in [3.05, 3.63) is 34.9 Å². The second-order valence-corrected chi connectivity index (χ2v) is 5.55. The predicted octanol–water partition coefficient (Wildman–Crippen LogP) is 3.11. The van der Waals surface area contributed by atoms with E-state index in [4.69, 9.17) is 11.6 Å². The first-order valence-corrected chi connectivity index (χ1v) is 6.64. The molecule has 90 valence electrons. The first-order chi connectivity index (χ1) is 8.24. The summed E-state index contributed by atoms with van der Waals surface area (Å²) in [6.45, 7) is 0.739. The number of hydrogen-bond donors (Lipinski definition) is 1. The van der Waals surface area contributed by atoms with Crippen LogP contribution < -0.4 is 5.32 Å². The molecule has 0 unspecified atom stereocenters. The SMILES string of the molecule is O=C1NC[C@@H](c2ccccc2Cl)C12CCCC2. The van der Waals surface area contributed by atoms with Crippen LogP contribution in [-0.2, 0) is 4.79 Å². The molecular weight excluding hydrogens is 234 g/mol. The Labute approximate surface area is 106 Å². The first kappa shape index (κ1) is 11.1. The standard InChI is InChI=1S/C14H16ClNO/c15-12-6-2-1-5-10(12)11-9-16-13(17)14(11)7-3-4-8-14/h1-2,5-6,11H,3-4,7-9H2,(H,16,17)/t11-/m0/s1. The predicted molar refractivity (Wildman–Crippen MR) is 68.1 cm³/mol. The molecule has 1 N–H and O–H groups in total. The van der Waals surface area contributed by atoms with E-state index < -0.39 is 0 Å². The summed E-state index contributed by atoms with van der Waals surface area (Å²) in [6.07, 6.45) is 4.34. The summed E-state index contributed by atoms with van der Waals surface area (Å²) in [5, 5.41) is 3.82. The van der Waals surface area contributed by atoms with E-state index >= 15 is 0 Å². The van der Waals surface area contributed by atoms with Crippen LogP contribution in [0.15, 0.2) is 24.3 Å². The van der Waals surface area contributed by atoms with E-state index in [-0.39, 0.29) is 17.2 Å². The molecule has 2 fully saturated rings. The normalized spacial score (nSPS) is 26.4. The minimum Gasteiger partial charge on any atom is -0.355 e. The molecule has 1 spiro atoms. The number of amides is 1. The van der Waals surface area contributed by atoms with E-state index in [1.807, 2.05) is 18.2 Å². The van der Waals surface area contributed by atoms with Crippen molar-refractivity contribution in [2.24, 2.45) is 5.41 Å². The summed E-state index contributed by atoms with van der Waals surface area (Å²) in [5.41, 5.74) is 0.958. The highest BCUT2D eigenvalue weighted by atomic mass is 35.5. The Balaban J connectivity index is 2.03. The number of carbonyl (C=O) groups is 1. The molecule has 1 aromatic rings. The van der Waals surface area contributed by atoms with Gasteiger partial charge in [-0.25, -0.2) is 0 Å². The Bertz CT molecular complexity index is 451. The zero-order valence-electron chi connectivity index (χ0n) is 9.71. The highest BCUT2D eigenvalue weighted by molar-refractivity contribution is 6.31. The largest absolute Gasteiger partial charge is 0.355 e. The van der Waals surface area contributed by atoms with E-state index in [1.165, 1.54) is 0 Å². The van der Waals surface area contributed by atoms with Gasteiger partial charge in [0.25, 0.3) is 0 Å². The van der Waals surface area contributed by atoms with Crippen LogP contribution in [0.3, 0.4) is 0 Å². The lowest BCUT2D eigenvalue weighted by atomic mass is 9.73. The van der Waals surface area contributed by atoms with Crippen molar-refractivity contribution >= 4 is 17.5 Å². The number of benzene rings is 1. The van der Waals surface area contributed by atoms with E-state index in [0.29, 0.717) is 0 Å². The van der Waals surface area contributed by atoms with Crippen molar-refractivity contribution in [3.63, 3.8) is 0 Å². The van der Waals surface area contributed by atoms with Crippen molar-refractivity contribution < 1.29 is 4.79 Å². The van der Waals surface area contributed by atoms with Gasteiger partial charge in [0.1, 0.15) is 0 Å². The van der Waals surface area contributed by atoms with E-state index in [1.54, 1.807) is 0 Å². The molecule has 1 saturated heterocycles. The lowest BCUT2D eigenvalue weighted by molar-refractivity contribution is -0.127. The molecule has 1 saturated carbocycles. The Morgan fingerprint density at radius 2 is 1.94 bits per heavy atom. The van der Waals surface area contributed by atoms with Crippen molar-refractivity contribution in [2.45, 2.75) is 31.6 Å². The van der Waals surface area contributed by atoms with Crippen LogP contribution in [0.4, 0.5) is 0 Å². The van der Waals surface area contributed by atoms with Gasteiger partial charge in [0.05, 0.1) is 5.41 Å². The summed E-state index contributed by atoms with van der Waals surface area (Å²) in [4.78, 5) is 12.1. The van der Waals surface area contributed by atoms with Gasteiger partial charge >= 0.3 is 0 Å². The molecule has 0 aromatic heterocycles. The van der Waals surface area contributed by atoms with Gasteiger partial charge in [-0.2, -0.15) is 0 Å². The molecule has 2 nitrogen and oxygen atoms in total. The monoisotopic (exact) mass is 249 g/mol. The van der Waals surface area contributed by atoms with Gasteiger partial charge in [0, 0.05) is 17.5 Å². The third kappa shape index (κ3) is 1.58. The Morgan fingerprint density at radius 1 is 1.24 bits per heavy atom. The van der Waals surface area contributed by atoms with Crippen LogP contribution in [0.2, 0.25) is 5.02 Å². The average molecular weight is 250 g/mol. The van der Waals surface area contributed by atoms with Crippen molar-refractivity contribution in [1.29, 1.82) is 0 Å². The Morgan fingerprint density at radius 3 is 2.65 bits per heavy atom. The Hall–Kier alpha value is -1.02. The molecule has 1 amide bonds. The number of rotatable bonds is 1. The minimum absolute atomic E-state index is 0.176. The van der Waals surface area contributed by atoms with Gasteiger partial charge in [0.15, 0.2) is 0 Å². The number of halogens is 1. The average Bonchev–Trinajstić information content (AvgIpc) is 2.92. The zero-order valence-corrected chi connectivity index (χ0v) is 10.5.